The summed E-state index contributed by atoms with van der Waals surface area (Å²) in [4.78, 5) is 27.9. The summed E-state index contributed by atoms with van der Waals surface area (Å²) in [6.07, 6.45) is 4.94. The predicted octanol–water partition coefficient (Wildman–Crippen LogP) is 2.50. The molecular formula is C18H15N3O3. The van der Waals surface area contributed by atoms with E-state index in [0.29, 0.717) is 16.8 Å². The van der Waals surface area contributed by atoms with Crippen molar-refractivity contribution in [3.8, 4) is 11.4 Å². The molecule has 0 fully saturated rings. The number of ether oxygens (including phenoxy) is 1. The van der Waals surface area contributed by atoms with E-state index in [9.17, 15) is 9.59 Å². The molecule has 0 atom stereocenters. The van der Waals surface area contributed by atoms with Crippen molar-refractivity contribution in [2.75, 3.05) is 0 Å². The third-order valence-electron chi connectivity index (χ3n) is 3.62. The molecule has 2 aromatic carbocycles. The third-order valence-corrected chi connectivity index (χ3v) is 3.62. The van der Waals surface area contributed by atoms with E-state index in [0.717, 1.165) is 0 Å². The lowest BCUT2D eigenvalue weighted by atomic mass is 10.1. The number of hydrogen-bond acceptors (Lipinski definition) is 4. The number of rotatable bonds is 4. The molecule has 0 aliphatic carbocycles. The standard InChI is InChI=1S/C18H15N3O3/c1-12-15(17(19)22)9-14(10-16(12)21-8-7-20-11-21)24-18(23)13-5-3-2-4-6-13/h2-11H,1H3,(H2,19,22). The van der Waals surface area contributed by atoms with Crippen LogP contribution in [-0.4, -0.2) is 21.4 Å². The smallest absolute Gasteiger partial charge is 0.343 e. The van der Waals surface area contributed by atoms with Gasteiger partial charge in [0.25, 0.3) is 0 Å². The summed E-state index contributed by atoms with van der Waals surface area (Å²) in [5.41, 5.74) is 7.50. The van der Waals surface area contributed by atoms with Crippen molar-refractivity contribution < 1.29 is 14.3 Å². The van der Waals surface area contributed by atoms with E-state index in [2.05, 4.69) is 4.98 Å². The van der Waals surface area contributed by atoms with Gasteiger partial charge < -0.3 is 15.0 Å². The second kappa shape index (κ2) is 6.37. The van der Waals surface area contributed by atoms with Crippen LogP contribution in [0, 0.1) is 6.92 Å². The Morgan fingerprint density at radius 2 is 1.92 bits per heavy atom. The number of hydrogen-bond donors (Lipinski definition) is 1. The predicted molar refractivity (Wildman–Crippen MR) is 88.2 cm³/mol. The van der Waals surface area contributed by atoms with Gasteiger partial charge in [0.05, 0.1) is 17.6 Å². The zero-order chi connectivity index (χ0) is 17.1. The van der Waals surface area contributed by atoms with Crippen molar-refractivity contribution in [1.82, 2.24) is 9.55 Å². The first kappa shape index (κ1) is 15.5. The summed E-state index contributed by atoms with van der Waals surface area (Å²) in [6.45, 7) is 1.78. The second-order valence-corrected chi connectivity index (χ2v) is 5.20. The molecule has 0 unspecified atom stereocenters. The molecular weight excluding hydrogens is 306 g/mol. The van der Waals surface area contributed by atoms with Crippen LogP contribution in [0.15, 0.2) is 61.2 Å². The molecule has 0 saturated carbocycles. The number of imidazole rings is 1. The first-order valence-electron chi connectivity index (χ1n) is 7.26. The molecule has 0 radical (unpaired) electrons. The zero-order valence-electron chi connectivity index (χ0n) is 13.0. The van der Waals surface area contributed by atoms with Crippen LogP contribution in [0.3, 0.4) is 0 Å². The van der Waals surface area contributed by atoms with Gasteiger partial charge in [-0.05, 0) is 30.7 Å². The second-order valence-electron chi connectivity index (χ2n) is 5.20. The van der Waals surface area contributed by atoms with Gasteiger partial charge in [0.2, 0.25) is 5.91 Å². The van der Waals surface area contributed by atoms with E-state index < -0.39 is 11.9 Å². The van der Waals surface area contributed by atoms with Gasteiger partial charge in [-0.1, -0.05) is 18.2 Å². The molecule has 0 saturated heterocycles. The molecule has 1 heterocycles. The Morgan fingerprint density at radius 3 is 2.54 bits per heavy atom. The normalized spacial score (nSPS) is 10.4. The number of carbonyl (C=O) groups is 2. The number of nitrogens with two attached hydrogens (primary N) is 1. The molecule has 6 heteroatoms. The fourth-order valence-electron chi connectivity index (χ4n) is 2.40. The van der Waals surface area contributed by atoms with E-state index in [4.69, 9.17) is 10.5 Å². The lowest BCUT2D eigenvalue weighted by molar-refractivity contribution is 0.0733. The number of primary amides is 1. The van der Waals surface area contributed by atoms with Gasteiger partial charge in [0.15, 0.2) is 0 Å². The minimum absolute atomic E-state index is 0.243. The fraction of sp³-hybridized carbons (Fsp3) is 0.0556. The Bertz CT molecular complexity index is 887. The van der Waals surface area contributed by atoms with Crippen molar-refractivity contribution >= 4 is 11.9 Å². The average molecular weight is 321 g/mol. The average Bonchev–Trinajstić information content (AvgIpc) is 3.11. The third kappa shape index (κ3) is 3.03. The van der Waals surface area contributed by atoms with Gasteiger partial charge in [-0.15, -0.1) is 0 Å². The summed E-state index contributed by atoms with van der Waals surface area (Å²) < 4.78 is 7.13. The number of esters is 1. The Labute approximate surface area is 138 Å². The highest BCUT2D eigenvalue weighted by atomic mass is 16.5. The SMILES string of the molecule is Cc1c(C(N)=O)cc(OC(=O)c2ccccc2)cc1-n1ccnc1. The maximum absolute atomic E-state index is 12.2. The number of amides is 1. The first-order valence-corrected chi connectivity index (χ1v) is 7.26. The van der Waals surface area contributed by atoms with Crippen LogP contribution in [0.1, 0.15) is 26.3 Å². The van der Waals surface area contributed by atoms with Crippen LogP contribution in [0.25, 0.3) is 5.69 Å². The number of aromatic nitrogens is 2. The summed E-state index contributed by atoms with van der Waals surface area (Å²) >= 11 is 0. The van der Waals surface area contributed by atoms with Gasteiger partial charge >= 0.3 is 5.97 Å². The maximum Gasteiger partial charge on any atom is 0.343 e. The molecule has 1 amide bonds. The van der Waals surface area contributed by atoms with Crippen molar-refractivity contribution in [3.05, 3.63) is 77.9 Å². The lowest BCUT2D eigenvalue weighted by Crippen LogP contribution is -2.15. The van der Waals surface area contributed by atoms with Gasteiger partial charge in [-0.2, -0.15) is 0 Å². The Morgan fingerprint density at radius 1 is 1.17 bits per heavy atom. The van der Waals surface area contributed by atoms with E-state index in [1.807, 2.05) is 6.07 Å². The van der Waals surface area contributed by atoms with Crippen molar-refractivity contribution in [2.45, 2.75) is 6.92 Å². The van der Waals surface area contributed by atoms with E-state index >= 15 is 0 Å². The Hall–Kier alpha value is -3.41. The van der Waals surface area contributed by atoms with Crippen molar-refractivity contribution in [3.63, 3.8) is 0 Å². The molecule has 1 aromatic heterocycles. The molecule has 6 nitrogen and oxygen atoms in total. The number of nitrogens with zero attached hydrogens (tertiary/aromatic N) is 2. The van der Waals surface area contributed by atoms with Crippen molar-refractivity contribution in [2.24, 2.45) is 5.73 Å². The van der Waals surface area contributed by atoms with Crippen molar-refractivity contribution in [1.29, 1.82) is 0 Å². The zero-order valence-corrected chi connectivity index (χ0v) is 13.0. The van der Waals surface area contributed by atoms with Gasteiger partial charge in [0, 0.05) is 24.0 Å². The van der Waals surface area contributed by atoms with Gasteiger partial charge in [-0.3, -0.25) is 4.79 Å². The van der Waals surface area contributed by atoms with E-state index in [1.165, 1.54) is 6.07 Å². The molecule has 0 aliphatic rings. The van der Waals surface area contributed by atoms with Crippen LogP contribution in [0.4, 0.5) is 0 Å². The van der Waals surface area contributed by atoms with Gasteiger partial charge in [-0.25, -0.2) is 9.78 Å². The highest BCUT2D eigenvalue weighted by Gasteiger charge is 2.16. The van der Waals surface area contributed by atoms with Crippen LogP contribution in [-0.2, 0) is 0 Å². The molecule has 0 spiro atoms. The fourth-order valence-corrected chi connectivity index (χ4v) is 2.40. The summed E-state index contributed by atoms with van der Waals surface area (Å²) in [6, 6.07) is 11.8. The molecule has 24 heavy (non-hydrogen) atoms. The molecule has 2 N–H and O–H groups in total. The summed E-state index contributed by atoms with van der Waals surface area (Å²) in [7, 11) is 0. The largest absolute Gasteiger partial charge is 0.423 e. The highest BCUT2D eigenvalue weighted by molar-refractivity contribution is 5.96. The topological polar surface area (TPSA) is 87.2 Å². The minimum Gasteiger partial charge on any atom is -0.423 e. The quantitative estimate of drug-likeness (QED) is 0.591. The Balaban J connectivity index is 2.02. The molecule has 3 rings (SSSR count). The Kier molecular flexibility index (Phi) is 4.11. The summed E-state index contributed by atoms with van der Waals surface area (Å²) in [5, 5.41) is 0. The summed E-state index contributed by atoms with van der Waals surface area (Å²) in [5.74, 6) is -0.857. The maximum atomic E-state index is 12.2. The number of carbonyl (C=O) groups excluding carboxylic acids is 2. The molecule has 3 aromatic rings. The van der Waals surface area contributed by atoms with E-state index in [-0.39, 0.29) is 11.3 Å². The number of benzene rings is 2. The molecule has 0 aliphatic heterocycles. The minimum atomic E-state index is -0.591. The van der Waals surface area contributed by atoms with Crippen LogP contribution >= 0.6 is 0 Å². The monoisotopic (exact) mass is 321 g/mol. The van der Waals surface area contributed by atoms with Crippen LogP contribution in [0.2, 0.25) is 0 Å². The van der Waals surface area contributed by atoms with Gasteiger partial charge in [0.1, 0.15) is 5.75 Å². The molecule has 0 bridgehead atoms. The van der Waals surface area contributed by atoms with E-state index in [1.54, 1.807) is 60.5 Å². The lowest BCUT2D eigenvalue weighted by Gasteiger charge is -2.13. The molecule has 120 valence electrons. The highest BCUT2D eigenvalue weighted by Crippen LogP contribution is 2.26. The van der Waals surface area contributed by atoms with Crippen LogP contribution < -0.4 is 10.5 Å². The first-order chi connectivity index (χ1) is 11.6. The van der Waals surface area contributed by atoms with Crippen LogP contribution in [0.5, 0.6) is 5.75 Å².